The van der Waals surface area contributed by atoms with Crippen LogP contribution in [0.2, 0.25) is 0 Å². The van der Waals surface area contributed by atoms with Crippen LogP contribution in [0.3, 0.4) is 0 Å². The lowest BCUT2D eigenvalue weighted by atomic mass is 10.3. The molecule has 0 fully saturated rings. The normalized spacial score (nSPS) is 9.50. The molecule has 0 radical (unpaired) electrons. The predicted molar refractivity (Wildman–Crippen MR) is 46.9 cm³/mol. The highest BCUT2D eigenvalue weighted by molar-refractivity contribution is 5.87. The van der Waals surface area contributed by atoms with E-state index in [2.05, 4.69) is 6.58 Å². The summed E-state index contributed by atoms with van der Waals surface area (Å²) >= 11 is 0. The van der Waals surface area contributed by atoms with Crippen LogP contribution in [-0.2, 0) is 14.3 Å². The molecular formula is C9H16O3. The van der Waals surface area contributed by atoms with E-state index in [1.54, 1.807) is 6.92 Å². The minimum atomic E-state index is -0.367. The van der Waals surface area contributed by atoms with Crippen molar-refractivity contribution in [2.24, 2.45) is 0 Å². The highest BCUT2D eigenvalue weighted by Gasteiger charge is 2.06. The van der Waals surface area contributed by atoms with Crippen LogP contribution in [0.15, 0.2) is 12.2 Å². The maximum atomic E-state index is 10.9. The molecule has 0 spiro atoms. The van der Waals surface area contributed by atoms with Crippen LogP contribution < -0.4 is 0 Å². The van der Waals surface area contributed by atoms with Crippen LogP contribution in [-0.4, -0.2) is 25.8 Å². The fourth-order valence-corrected chi connectivity index (χ4v) is 0.632. The zero-order valence-corrected chi connectivity index (χ0v) is 7.76. The molecule has 0 rings (SSSR count). The summed E-state index contributed by atoms with van der Waals surface area (Å²) in [4.78, 5) is 10.9. The largest absolute Gasteiger partial charge is 0.463 e. The lowest BCUT2D eigenvalue weighted by molar-refractivity contribution is -0.139. The summed E-state index contributed by atoms with van der Waals surface area (Å²) in [6, 6.07) is 0. The first-order chi connectivity index (χ1) is 5.72. The number of esters is 1. The molecule has 3 heteroatoms. The van der Waals surface area contributed by atoms with Gasteiger partial charge in [0.25, 0.3) is 0 Å². The molecule has 0 aliphatic heterocycles. The summed E-state index contributed by atoms with van der Waals surface area (Å²) in [6.45, 7) is 8.62. The van der Waals surface area contributed by atoms with E-state index in [1.165, 1.54) is 0 Å². The third-order valence-electron chi connectivity index (χ3n) is 1.19. The van der Waals surface area contributed by atoms with Gasteiger partial charge in [0.2, 0.25) is 0 Å². The van der Waals surface area contributed by atoms with Crippen LogP contribution in [0.5, 0.6) is 0 Å². The van der Waals surface area contributed by atoms with E-state index in [9.17, 15) is 4.79 Å². The highest BCUT2D eigenvalue weighted by atomic mass is 16.5. The van der Waals surface area contributed by atoms with E-state index >= 15 is 0 Å². The minimum Gasteiger partial charge on any atom is -0.463 e. The molecule has 0 bridgehead atoms. The van der Waals surface area contributed by atoms with Crippen molar-refractivity contribution in [3.05, 3.63) is 12.2 Å². The molecule has 0 saturated carbocycles. The van der Waals surface area contributed by atoms with Crippen molar-refractivity contribution >= 4 is 5.97 Å². The van der Waals surface area contributed by atoms with E-state index in [-0.39, 0.29) is 12.6 Å². The Balaban J connectivity index is 3.50. The molecule has 12 heavy (non-hydrogen) atoms. The summed E-state index contributed by atoms with van der Waals surface area (Å²) in [7, 11) is 0. The van der Waals surface area contributed by atoms with Gasteiger partial charge in [0.1, 0.15) is 0 Å². The summed E-state index contributed by atoms with van der Waals surface area (Å²) in [5, 5.41) is 0. The quantitative estimate of drug-likeness (QED) is 0.346. The van der Waals surface area contributed by atoms with Crippen molar-refractivity contribution in [3.8, 4) is 0 Å². The minimum absolute atomic E-state index is 0.271. The molecule has 0 amide bonds. The molecule has 0 heterocycles. The fourth-order valence-electron chi connectivity index (χ4n) is 0.632. The highest BCUT2D eigenvalue weighted by Crippen LogP contribution is 1.96. The van der Waals surface area contributed by atoms with Crippen molar-refractivity contribution in [1.29, 1.82) is 0 Å². The third-order valence-corrected chi connectivity index (χ3v) is 1.19. The van der Waals surface area contributed by atoms with Gasteiger partial charge in [-0.25, -0.2) is 4.79 Å². The second-order valence-corrected chi connectivity index (χ2v) is 2.38. The van der Waals surface area contributed by atoms with Gasteiger partial charge in [-0.1, -0.05) is 13.5 Å². The average molecular weight is 172 g/mol. The molecule has 0 aliphatic rings. The summed E-state index contributed by atoms with van der Waals surface area (Å²) in [6.07, 6.45) is 0.941. The average Bonchev–Trinajstić information content (AvgIpc) is 2.05. The van der Waals surface area contributed by atoms with Gasteiger partial charge in [0.15, 0.2) is 0 Å². The van der Waals surface area contributed by atoms with Crippen LogP contribution in [0.4, 0.5) is 0 Å². The van der Waals surface area contributed by atoms with E-state index < -0.39 is 0 Å². The van der Waals surface area contributed by atoms with Gasteiger partial charge in [-0.05, 0) is 13.3 Å². The van der Waals surface area contributed by atoms with Gasteiger partial charge in [-0.3, -0.25) is 0 Å². The molecule has 3 nitrogen and oxygen atoms in total. The van der Waals surface area contributed by atoms with Crippen LogP contribution in [0, 0.1) is 0 Å². The molecular weight excluding hydrogens is 156 g/mol. The number of carbonyl (C=O) groups excluding carboxylic acids is 1. The molecule has 0 saturated heterocycles. The van der Waals surface area contributed by atoms with Crippen LogP contribution in [0.1, 0.15) is 20.3 Å². The zero-order chi connectivity index (χ0) is 9.40. The molecule has 70 valence electrons. The Bertz CT molecular complexity index is 152. The van der Waals surface area contributed by atoms with Gasteiger partial charge < -0.3 is 9.47 Å². The first-order valence-corrected chi connectivity index (χ1v) is 4.15. The first kappa shape index (κ1) is 11.2. The molecule has 0 aliphatic carbocycles. The Hall–Kier alpha value is -0.830. The van der Waals surface area contributed by atoms with Gasteiger partial charge in [0.05, 0.1) is 18.8 Å². The van der Waals surface area contributed by atoms with Crippen LogP contribution >= 0.6 is 0 Å². The maximum absolute atomic E-state index is 10.9. The molecule has 0 aromatic carbocycles. The Kier molecular flexibility index (Phi) is 6.38. The van der Waals surface area contributed by atoms with Crippen LogP contribution in [0.25, 0.3) is 0 Å². The van der Waals surface area contributed by atoms with Gasteiger partial charge in [-0.2, -0.15) is 0 Å². The Labute approximate surface area is 73.4 Å². The zero-order valence-electron chi connectivity index (χ0n) is 7.76. The van der Waals surface area contributed by atoms with E-state index in [1.807, 2.05) is 6.92 Å². The SMILES string of the molecule is C=C(COCCC)C(=O)OCC. The van der Waals surface area contributed by atoms with E-state index in [4.69, 9.17) is 9.47 Å². The number of hydrogen-bond acceptors (Lipinski definition) is 3. The van der Waals surface area contributed by atoms with Crippen molar-refractivity contribution in [3.63, 3.8) is 0 Å². The molecule has 0 unspecified atom stereocenters. The predicted octanol–water partition coefficient (Wildman–Crippen LogP) is 1.53. The third kappa shape index (κ3) is 4.91. The van der Waals surface area contributed by atoms with Crippen molar-refractivity contribution in [2.75, 3.05) is 19.8 Å². The fraction of sp³-hybridized carbons (Fsp3) is 0.667. The first-order valence-electron chi connectivity index (χ1n) is 4.15. The standard InChI is InChI=1S/C9H16O3/c1-4-6-11-7-8(3)9(10)12-5-2/h3-7H2,1-2H3. The lowest BCUT2D eigenvalue weighted by Crippen LogP contribution is -2.11. The smallest absolute Gasteiger partial charge is 0.335 e. The Morgan fingerprint density at radius 1 is 1.42 bits per heavy atom. The number of rotatable bonds is 6. The summed E-state index contributed by atoms with van der Waals surface area (Å²) < 4.78 is 9.83. The van der Waals surface area contributed by atoms with E-state index in [0.717, 1.165) is 6.42 Å². The number of ether oxygens (including phenoxy) is 2. The second-order valence-electron chi connectivity index (χ2n) is 2.38. The van der Waals surface area contributed by atoms with Crippen molar-refractivity contribution in [1.82, 2.24) is 0 Å². The molecule has 0 aromatic rings. The van der Waals surface area contributed by atoms with E-state index in [0.29, 0.717) is 18.8 Å². The summed E-state index contributed by atoms with van der Waals surface area (Å²) in [5.74, 6) is -0.367. The number of hydrogen-bond donors (Lipinski definition) is 0. The van der Waals surface area contributed by atoms with Gasteiger partial charge in [-0.15, -0.1) is 0 Å². The molecule has 0 atom stereocenters. The van der Waals surface area contributed by atoms with Gasteiger partial charge >= 0.3 is 5.97 Å². The second kappa shape index (κ2) is 6.85. The van der Waals surface area contributed by atoms with Gasteiger partial charge in [0, 0.05) is 6.61 Å². The molecule has 0 aromatic heterocycles. The maximum Gasteiger partial charge on any atom is 0.335 e. The molecule has 0 N–H and O–H groups in total. The number of carbonyl (C=O) groups is 1. The van der Waals surface area contributed by atoms with Crippen molar-refractivity contribution in [2.45, 2.75) is 20.3 Å². The Morgan fingerprint density at radius 3 is 2.58 bits per heavy atom. The topological polar surface area (TPSA) is 35.5 Å². The van der Waals surface area contributed by atoms with Crippen molar-refractivity contribution < 1.29 is 14.3 Å². The lowest BCUT2D eigenvalue weighted by Gasteiger charge is -2.04. The summed E-state index contributed by atoms with van der Waals surface area (Å²) in [5.41, 5.74) is 0.380. The monoisotopic (exact) mass is 172 g/mol. The Morgan fingerprint density at radius 2 is 2.08 bits per heavy atom.